The van der Waals surface area contributed by atoms with E-state index in [1.54, 1.807) is 24.3 Å². The van der Waals surface area contributed by atoms with Crippen LogP contribution in [0.2, 0.25) is 5.02 Å². The Balaban J connectivity index is 3.05. The van der Waals surface area contributed by atoms with Crippen molar-refractivity contribution in [2.45, 2.75) is 19.4 Å². The summed E-state index contributed by atoms with van der Waals surface area (Å²) in [5.41, 5.74) is 0.145. The number of nitrogens with zero attached hydrogens (tertiary/aromatic N) is 1. The van der Waals surface area contributed by atoms with Gasteiger partial charge < -0.3 is 0 Å². The molecule has 0 N–H and O–H groups in total. The summed E-state index contributed by atoms with van der Waals surface area (Å²) in [4.78, 5) is 14.1. The standard InChI is InChI=1S/C12H16ClNO/c1-12(2,14(3)4)11(15)9-6-5-7-10(13)8-9/h5-8H,1-4H3. The highest BCUT2D eigenvalue weighted by molar-refractivity contribution is 6.31. The van der Waals surface area contributed by atoms with Gasteiger partial charge in [-0.15, -0.1) is 0 Å². The molecule has 0 spiro atoms. The van der Waals surface area contributed by atoms with Gasteiger partial charge in [-0.2, -0.15) is 0 Å². The highest BCUT2D eigenvalue weighted by Crippen LogP contribution is 2.20. The van der Waals surface area contributed by atoms with Crippen LogP contribution in [0.1, 0.15) is 24.2 Å². The summed E-state index contributed by atoms with van der Waals surface area (Å²) < 4.78 is 0. The van der Waals surface area contributed by atoms with E-state index in [0.29, 0.717) is 10.6 Å². The zero-order valence-electron chi connectivity index (χ0n) is 9.54. The number of likely N-dealkylation sites (N-methyl/N-ethyl adjacent to an activating group) is 1. The minimum Gasteiger partial charge on any atom is -0.297 e. The summed E-state index contributed by atoms with van der Waals surface area (Å²) in [6, 6.07) is 7.05. The molecule has 0 heterocycles. The Morgan fingerprint density at radius 1 is 1.33 bits per heavy atom. The molecule has 0 aromatic heterocycles. The van der Waals surface area contributed by atoms with E-state index in [2.05, 4.69) is 0 Å². The van der Waals surface area contributed by atoms with Crippen molar-refractivity contribution in [1.82, 2.24) is 4.90 Å². The lowest BCUT2D eigenvalue weighted by Crippen LogP contribution is -2.45. The fourth-order valence-electron chi connectivity index (χ4n) is 1.19. The Labute approximate surface area is 95.8 Å². The summed E-state index contributed by atoms with van der Waals surface area (Å²) in [6.45, 7) is 3.80. The number of rotatable bonds is 3. The Hall–Kier alpha value is -0.860. The zero-order chi connectivity index (χ0) is 11.6. The van der Waals surface area contributed by atoms with Crippen molar-refractivity contribution in [3.8, 4) is 0 Å². The third kappa shape index (κ3) is 2.58. The molecule has 0 fully saturated rings. The van der Waals surface area contributed by atoms with E-state index in [9.17, 15) is 4.79 Å². The normalized spacial score (nSPS) is 11.9. The molecule has 0 aliphatic heterocycles. The molecule has 1 aromatic carbocycles. The molecule has 2 nitrogen and oxygen atoms in total. The highest BCUT2D eigenvalue weighted by atomic mass is 35.5. The molecule has 0 aliphatic carbocycles. The Kier molecular flexibility index (Phi) is 3.53. The molecular formula is C12H16ClNO. The maximum atomic E-state index is 12.2. The van der Waals surface area contributed by atoms with E-state index >= 15 is 0 Å². The lowest BCUT2D eigenvalue weighted by molar-refractivity contribution is 0.0755. The molecule has 0 saturated heterocycles. The first-order valence-corrected chi connectivity index (χ1v) is 5.21. The molecule has 0 amide bonds. The molecule has 0 atom stereocenters. The van der Waals surface area contributed by atoms with Crippen LogP contribution < -0.4 is 0 Å². The fourth-order valence-corrected chi connectivity index (χ4v) is 1.38. The van der Waals surface area contributed by atoms with Crippen LogP contribution in [0.3, 0.4) is 0 Å². The molecular weight excluding hydrogens is 210 g/mol. The van der Waals surface area contributed by atoms with Gasteiger partial charge in [0.05, 0.1) is 5.54 Å². The SMILES string of the molecule is CN(C)C(C)(C)C(=O)c1cccc(Cl)c1. The first-order chi connectivity index (χ1) is 6.85. The minimum absolute atomic E-state index is 0.0787. The fraction of sp³-hybridized carbons (Fsp3) is 0.417. The van der Waals surface area contributed by atoms with Crippen molar-refractivity contribution in [3.05, 3.63) is 34.9 Å². The number of Topliss-reactive ketones (excluding diaryl/α,β-unsaturated/α-hetero) is 1. The molecule has 15 heavy (non-hydrogen) atoms. The number of hydrogen-bond acceptors (Lipinski definition) is 2. The van der Waals surface area contributed by atoms with Crippen molar-refractivity contribution in [2.24, 2.45) is 0 Å². The third-order valence-corrected chi connectivity index (χ3v) is 3.00. The third-order valence-electron chi connectivity index (χ3n) is 2.76. The van der Waals surface area contributed by atoms with Crippen molar-refractivity contribution in [2.75, 3.05) is 14.1 Å². The number of benzene rings is 1. The van der Waals surface area contributed by atoms with Crippen LogP contribution >= 0.6 is 11.6 Å². The first-order valence-electron chi connectivity index (χ1n) is 4.83. The molecule has 0 unspecified atom stereocenters. The Morgan fingerprint density at radius 3 is 2.40 bits per heavy atom. The Morgan fingerprint density at radius 2 is 1.93 bits per heavy atom. The molecule has 3 heteroatoms. The maximum Gasteiger partial charge on any atom is 0.182 e. The van der Waals surface area contributed by atoms with Gasteiger partial charge in [-0.05, 0) is 40.1 Å². The lowest BCUT2D eigenvalue weighted by atomic mass is 9.92. The molecule has 82 valence electrons. The van der Waals surface area contributed by atoms with E-state index in [1.165, 1.54) is 0 Å². The number of ketones is 1. The lowest BCUT2D eigenvalue weighted by Gasteiger charge is -2.30. The molecule has 0 aliphatic rings. The zero-order valence-corrected chi connectivity index (χ0v) is 10.3. The second-order valence-electron chi connectivity index (χ2n) is 4.29. The monoisotopic (exact) mass is 225 g/mol. The van der Waals surface area contributed by atoms with Gasteiger partial charge in [-0.1, -0.05) is 23.7 Å². The highest BCUT2D eigenvalue weighted by Gasteiger charge is 2.30. The van der Waals surface area contributed by atoms with Gasteiger partial charge in [0.15, 0.2) is 5.78 Å². The van der Waals surface area contributed by atoms with E-state index in [1.807, 2.05) is 32.8 Å². The topological polar surface area (TPSA) is 20.3 Å². The van der Waals surface area contributed by atoms with Crippen LogP contribution in [0, 0.1) is 0 Å². The van der Waals surface area contributed by atoms with Crippen LogP contribution in [-0.2, 0) is 0 Å². The first kappa shape index (κ1) is 12.2. The predicted octanol–water partition coefficient (Wildman–Crippen LogP) is 2.86. The summed E-state index contributed by atoms with van der Waals surface area (Å²) in [7, 11) is 3.78. The molecule has 1 aromatic rings. The second kappa shape index (κ2) is 4.33. The van der Waals surface area contributed by atoms with Gasteiger partial charge in [0.25, 0.3) is 0 Å². The van der Waals surface area contributed by atoms with E-state index in [0.717, 1.165) is 0 Å². The number of carbonyl (C=O) groups is 1. The van der Waals surface area contributed by atoms with Gasteiger partial charge in [0.1, 0.15) is 0 Å². The van der Waals surface area contributed by atoms with Crippen LogP contribution in [0.15, 0.2) is 24.3 Å². The van der Waals surface area contributed by atoms with Gasteiger partial charge in [-0.25, -0.2) is 0 Å². The van der Waals surface area contributed by atoms with Crippen LogP contribution in [-0.4, -0.2) is 30.3 Å². The van der Waals surface area contributed by atoms with Crippen LogP contribution in [0.4, 0.5) is 0 Å². The van der Waals surface area contributed by atoms with Crippen molar-refractivity contribution in [1.29, 1.82) is 0 Å². The largest absolute Gasteiger partial charge is 0.297 e. The summed E-state index contributed by atoms with van der Waals surface area (Å²) in [6.07, 6.45) is 0. The van der Waals surface area contributed by atoms with Crippen molar-refractivity contribution in [3.63, 3.8) is 0 Å². The van der Waals surface area contributed by atoms with Crippen molar-refractivity contribution < 1.29 is 4.79 Å². The summed E-state index contributed by atoms with van der Waals surface area (Å²) in [5, 5.41) is 0.593. The maximum absolute atomic E-state index is 12.2. The van der Waals surface area contributed by atoms with Gasteiger partial charge in [-0.3, -0.25) is 9.69 Å². The number of carbonyl (C=O) groups excluding carboxylic acids is 1. The summed E-state index contributed by atoms with van der Waals surface area (Å²) in [5.74, 6) is 0.0787. The smallest absolute Gasteiger partial charge is 0.182 e. The quantitative estimate of drug-likeness (QED) is 0.738. The average Bonchev–Trinajstić information content (AvgIpc) is 2.16. The minimum atomic E-state index is -0.509. The van der Waals surface area contributed by atoms with Gasteiger partial charge in [0, 0.05) is 10.6 Å². The van der Waals surface area contributed by atoms with Crippen molar-refractivity contribution >= 4 is 17.4 Å². The second-order valence-corrected chi connectivity index (χ2v) is 4.73. The van der Waals surface area contributed by atoms with Crippen LogP contribution in [0.25, 0.3) is 0 Å². The van der Waals surface area contributed by atoms with Gasteiger partial charge >= 0.3 is 0 Å². The van der Waals surface area contributed by atoms with E-state index in [-0.39, 0.29) is 5.78 Å². The Bertz CT molecular complexity index is 372. The predicted molar refractivity (Wildman–Crippen MR) is 63.5 cm³/mol. The molecule has 0 radical (unpaired) electrons. The van der Waals surface area contributed by atoms with E-state index in [4.69, 9.17) is 11.6 Å². The van der Waals surface area contributed by atoms with Gasteiger partial charge in [0.2, 0.25) is 0 Å². The molecule has 0 bridgehead atoms. The summed E-state index contributed by atoms with van der Waals surface area (Å²) >= 11 is 5.85. The van der Waals surface area contributed by atoms with E-state index < -0.39 is 5.54 Å². The number of halogens is 1. The van der Waals surface area contributed by atoms with Crippen LogP contribution in [0.5, 0.6) is 0 Å². The molecule has 1 rings (SSSR count). The molecule has 0 saturated carbocycles. The number of hydrogen-bond donors (Lipinski definition) is 0. The average molecular weight is 226 g/mol.